The van der Waals surface area contributed by atoms with Gasteiger partial charge < -0.3 is 10.9 Å². The number of amidine groups is 1. The van der Waals surface area contributed by atoms with E-state index in [1.807, 2.05) is 13.0 Å². The van der Waals surface area contributed by atoms with Crippen molar-refractivity contribution in [2.75, 3.05) is 0 Å². The second-order valence-corrected chi connectivity index (χ2v) is 5.08. The van der Waals surface area contributed by atoms with Gasteiger partial charge in [-0.15, -0.1) is 0 Å². The lowest BCUT2D eigenvalue weighted by atomic mass is 10.3. The van der Waals surface area contributed by atoms with Gasteiger partial charge in [-0.1, -0.05) is 11.2 Å². The molecule has 0 amide bonds. The molecular formula is C9H9N5OS2. The number of nitrogens with two attached hydrogens (primary N) is 1. The highest BCUT2D eigenvalue weighted by Crippen LogP contribution is 2.27. The Labute approximate surface area is 106 Å². The molecule has 0 radical (unpaired) electrons. The third kappa shape index (κ3) is 2.92. The van der Waals surface area contributed by atoms with Crippen molar-refractivity contribution in [2.45, 2.75) is 16.3 Å². The number of nitrogens with zero attached hydrogens (tertiary/aromatic N) is 4. The van der Waals surface area contributed by atoms with E-state index < -0.39 is 0 Å². The number of oxime groups is 1. The van der Waals surface area contributed by atoms with E-state index in [0.29, 0.717) is 5.69 Å². The molecule has 17 heavy (non-hydrogen) atoms. The van der Waals surface area contributed by atoms with Gasteiger partial charge in [0.1, 0.15) is 16.5 Å². The maximum absolute atomic E-state index is 8.57. The zero-order valence-electron chi connectivity index (χ0n) is 8.86. The van der Waals surface area contributed by atoms with E-state index in [1.165, 1.54) is 23.3 Å². The SMILES string of the molecule is Cc1nsc(Sc2cccc(C(N)=NO)n2)n1. The topological polar surface area (TPSA) is 97.3 Å². The summed E-state index contributed by atoms with van der Waals surface area (Å²) in [5.74, 6) is 0.728. The van der Waals surface area contributed by atoms with Gasteiger partial charge in [0.2, 0.25) is 0 Å². The van der Waals surface area contributed by atoms with Crippen LogP contribution in [0.2, 0.25) is 0 Å². The number of aromatic nitrogens is 3. The highest BCUT2D eigenvalue weighted by Gasteiger charge is 2.06. The molecule has 3 N–H and O–H groups in total. The first-order chi connectivity index (χ1) is 8.19. The van der Waals surface area contributed by atoms with Crippen molar-refractivity contribution >= 4 is 29.1 Å². The van der Waals surface area contributed by atoms with Crippen molar-refractivity contribution in [1.82, 2.24) is 14.3 Å². The molecule has 2 aromatic rings. The maximum atomic E-state index is 8.57. The maximum Gasteiger partial charge on any atom is 0.188 e. The van der Waals surface area contributed by atoms with Crippen LogP contribution in [0.25, 0.3) is 0 Å². The van der Waals surface area contributed by atoms with Gasteiger partial charge >= 0.3 is 0 Å². The molecule has 0 unspecified atom stereocenters. The Bertz CT molecular complexity index is 554. The van der Waals surface area contributed by atoms with Crippen molar-refractivity contribution < 1.29 is 5.21 Å². The van der Waals surface area contributed by atoms with Crippen molar-refractivity contribution in [3.05, 3.63) is 29.7 Å². The van der Waals surface area contributed by atoms with E-state index in [9.17, 15) is 0 Å². The minimum absolute atomic E-state index is 0.0131. The number of aryl methyl sites for hydroxylation is 1. The van der Waals surface area contributed by atoms with Gasteiger partial charge in [-0.25, -0.2) is 9.97 Å². The Morgan fingerprint density at radius 1 is 1.47 bits per heavy atom. The highest BCUT2D eigenvalue weighted by molar-refractivity contribution is 8.00. The average Bonchev–Trinajstić information content (AvgIpc) is 2.74. The molecule has 0 aliphatic carbocycles. The van der Waals surface area contributed by atoms with Crippen LogP contribution in [0, 0.1) is 6.92 Å². The number of rotatable bonds is 3. The Hall–Kier alpha value is -1.67. The van der Waals surface area contributed by atoms with E-state index in [-0.39, 0.29) is 5.84 Å². The van der Waals surface area contributed by atoms with Crippen LogP contribution in [0.3, 0.4) is 0 Å². The molecule has 0 aromatic carbocycles. The molecule has 0 bridgehead atoms. The lowest BCUT2D eigenvalue weighted by Gasteiger charge is -2.00. The first kappa shape index (κ1) is 11.8. The molecule has 8 heteroatoms. The number of hydrogen-bond donors (Lipinski definition) is 2. The summed E-state index contributed by atoms with van der Waals surface area (Å²) in [4.78, 5) is 8.45. The minimum Gasteiger partial charge on any atom is -0.409 e. The lowest BCUT2D eigenvalue weighted by Crippen LogP contribution is -2.14. The first-order valence-electron chi connectivity index (χ1n) is 4.62. The number of hydrogen-bond acceptors (Lipinski definition) is 7. The predicted octanol–water partition coefficient (Wildman–Crippen LogP) is 1.49. The Morgan fingerprint density at radius 2 is 2.29 bits per heavy atom. The molecule has 0 spiro atoms. The third-order valence-corrected chi connectivity index (χ3v) is 3.57. The molecule has 2 aromatic heterocycles. The first-order valence-corrected chi connectivity index (χ1v) is 6.21. The summed E-state index contributed by atoms with van der Waals surface area (Å²) in [6, 6.07) is 5.29. The third-order valence-electron chi connectivity index (χ3n) is 1.79. The van der Waals surface area contributed by atoms with Crippen LogP contribution < -0.4 is 5.73 Å². The fourth-order valence-electron chi connectivity index (χ4n) is 1.07. The van der Waals surface area contributed by atoms with E-state index in [0.717, 1.165) is 15.2 Å². The molecule has 0 aliphatic heterocycles. The van der Waals surface area contributed by atoms with Crippen molar-refractivity contribution in [3.63, 3.8) is 0 Å². The van der Waals surface area contributed by atoms with Crippen LogP contribution in [-0.2, 0) is 0 Å². The molecule has 2 heterocycles. The van der Waals surface area contributed by atoms with Crippen molar-refractivity contribution in [2.24, 2.45) is 10.9 Å². The predicted molar refractivity (Wildman–Crippen MR) is 65.5 cm³/mol. The molecular weight excluding hydrogens is 258 g/mol. The Balaban J connectivity index is 2.22. The van der Waals surface area contributed by atoms with Crippen molar-refractivity contribution in [3.8, 4) is 0 Å². The fourth-order valence-corrected chi connectivity index (χ4v) is 2.66. The fraction of sp³-hybridized carbons (Fsp3) is 0.111. The highest BCUT2D eigenvalue weighted by atomic mass is 32.2. The monoisotopic (exact) mass is 267 g/mol. The van der Waals surface area contributed by atoms with E-state index in [1.54, 1.807) is 12.1 Å². The molecule has 88 valence electrons. The molecule has 0 atom stereocenters. The normalized spacial score (nSPS) is 11.7. The van der Waals surface area contributed by atoms with Crippen LogP contribution in [0.4, 0.5) is 0 Å². The van der Waals surface area contributed by atoms with Crippen LogP contribution in [0.5, 0.6) is 0 Å². The van der Waals surface area contributed by atoms with E-state index >= 15 is 0 Å². The quantitative estimate of drug-likeness (QED) is 0.378. The molecule has 0 fully saturated rings. The number of pyridine rings is 1. The van der Waals surface area contributed by atoms with E-state index in [4.69, 9.17) is 10.9 Å². The van der Waals surface area contributed by atoms with Gasteiger partial charge in [0, 0.05) is 0 Å². The van der Waals surface area contributed by atoms with Gasteiger partial charge in [0.25, 0.3) is 0 Å². The van der Waals surface area contributed by atoms with Gasteiger partial charge in [-0.3, -0.25) is 0 Å². The zero-order valence-corrected chi connectivity index (χ0v) is 10.5. The van der Waals surface area contributed by atoms with Crippen LogP contribution >= 0.6 is 23.3 Å². The smallest absolute Gasteiger partial charge is 0.188 e. The van der Waals surface area contributed by atoms with Crippen molar-refractivity contribution in [1.29, 1.82) is 0 Å². The summed E-state index contributed by atoms with van der Waals surface area (Å²) in [6.07, 6.45) is 0. The summed E-state index contributed by atoms with van der Waals surface area (Å²) in [7, 11) is 0. The zero-order chi connectivity index (χ0) is 12.3. The molecule has 0 saturated heterocycles. The summed E-state index contributed by atoms with van der Waals surface area (Å²) in [5.41, 5.74) is 5.89. The molecule has 0 aliphatic rings. The molecule has 6 nitrogen and oxygen atoms in total. The largest absolute Gasteiger partial charge is 0.409 e. The second-order valence-electron chi connectivity index (χ2n) is 3.06. The van der Waals surface area contributed by atoms with Crippen LogP contribution in [-0.4, -0.2) is 25.4 Å². The van der Waals surface area contributed by atoms with Gasteiger partial charge in [-0.2, -0.15) is 4.37 Å². The van der Waals surface area contributed by atoms with Gasteiger partial charge in [-0.05, 0) is 42.4 Å². The average molecular weight is 267 g/mol. The summed E-state index contributed by atoms with van der Waals surface area (Å²) < 4.78 is 4.89. The van der Waals surface area contributed by atoms with Crippen LogP contribution in [0.1, 0.15) is 11.5 Å². The summed E-state index contributed by atoms with van der Waals surface area (Å²) in [5, 5.41) is 12.2. The van der Waals surface area contributed by atoms with Gasteiger partial charge in [0.05, 0.1) is 0 Å². The molecule has 0 saturated carbocycles. The van der Waals surface area contributed by atoms with E-state index in [2.05, 4.69) is 19.5 Å². The van der Waals surface area contributed by atoms with Gasteiger partial charge in [0.15, 0.2) is 10.2 Å². The Kier molecular flexibility index (Phi) is 3.55. The summed E-state index contributed by atoms with van der Waals surface area (Å²) in [6.45, 7) is 1.83. The second kappa shape index (κ2) is 5.11. The molecule has 2 rings (SSSR count). The standard InChI is InChI=1S/C9H9N5OS2/c1-5-11-9(17-14-5)16-7-4-2-3-6(12-7)8(10)13-15/h2-4,15H,1H3,(H2,10,13). The Morgan fingerprint density at radius 3 is 2.94 bits per heavy atom. The minimum atomic E-state index is -0.0131. The lowest BCUT2D eigenvalue weighted by molar-refractivity contribution is 0.318. The van der Waals surface area contributed by atoms with Crippen LogP contribution in [0.15, 0.2) is 32.7 Å². The summed E-state index contributed by atoms with van der Waals surface area (Å²) >= 11 is 2.71.